The summed E-state index contributed by atoms with van der Waals surface area (Å²) in [5.41, 5.74) is 3.50. The van der Waals surface area contributed by atoms with Crippen molar-refractivity contribution in [2.45, 2.75) is 51.9 Å². The SMILES string of the molecule is Cc1cc(C)c(C)c(S(=O)(=O)N2CCC(C(=O)NCCCOc3ccccc3F)CC2)c1C. The molecule has 1 N–H and O–H groups in total. The number of rotatable bonds is 8. The Morgan fingerprint density at radius 1 is 1.09 bits per heavy atom. The molecule has 0 atom stereocenters. The lowest BCUT2D eigenvalue weighted by atomic mass is 9.97. The Morgan fingerprint density at radius 3 is 2.30 bits per heavy atom. The normalized spacial score (nSPS) is 15.4. The lowest BCUT2D eigenvalue weighted by Crippen LogP contribution is -2.43. The van der Waals surface area contributed by atoms with Gasteiger partial charge in [0.25, 0.3) is 0 Å². The molecule has 180 valence electrons. The van der Waals surface area contributed by atoms with Crippen LogP contribution in [0.3, 0.4) is 0 Å². The van der Waals surface area contributed by atoms with E-state index in [-0.39, 0.29) is 17.6 Å². The first-order chi connectivity index (χ1) is 15.6. The van der Waals surface area contributed by atoms with Crippen LogP contribution in [0.2, 0.25) is 0 Å². The second kappa shape index (κ2) is 10.7. The van der Waals surface area contributed by atoms with Gasteiger partial charge in [0, 0.05) is 25.6 Å². The zero-order valence-electron chi connectivity index (χ0n) is 19.8. The van der Waals surface area contributed by atoms with Crippen LogP contribution in [-0.4, -0.2) is 44.9 Å². The molecule has 3 rings (SSSR count). The van der Waals surface area contributed by atoms with Crippen molar-refractivity contribution in [3.8, 4) is 5.75 Å². The third-order valence-corrected chi connectivity index (χ3v) is 8.61. The fourth-order valence-electron chi connectivity index (χ4n) is 4.23. The highest BCUT2D eigenvalue weighted by Gasteiger charge is 2.34. The minimum Gasteiger partial charge on any atom is -0.490 e. The van der Waals surface area contributed by atoms with E-state index in [0.717, 1.165) is 22.3 Å². The molecule has 1 saturated heterocycles. The highest BCUT2D eigenvalue weighted by molar-refractivity contribution is 7.89. The zero-order valence-corrected chi connectivity index (χ0v) is 20.6. The van der Waals surface area contributed by atoms with Crippen molar-refractivity contribution in [3.05, 3.63) is 58.4 Å². The highest BCUT2D eigenvalue weighted by atomic mass is 32.2. The molecular formula is C25H33FN2O4S. The van der Waals surface area contributed by atoms with Gasteiger partial charge in [-0.1, -0.05) is 18.2 Å². The third-order valence-electron chi connectivity index (χ3n) is 6.43. The van der Waals surface area contributed by atoms with E-state index in [1.54, 1.807) is 18.2 Å². The van der Waals surface area contributed by atoms with Crippen molar-refractivity contribution in [1.82, 2.24) is 9.62 Å². The van der Waals surface area contributed by atoms with E-state index in [4.69, 9.17) is 4.74 Å². The molecule has 1 heterocycles. The molecule has 1 aliphatic heterocycles. The number of carbonyl (C=O) groups excluding carboxylic acids is 1. The van der Waals surface area contributed by atoms with E-state index in [1.807, 2.05) is 33.8 Å². The number of benzene rings is 2. The Labute approximate surface area is 196 Å². The number of hydrogen-bond acceptors (Lipinski definition) is 4. The predicted octanol–water partition coefficient (Wildman–Crippen LogP) is 4.05. The number of carbonyl (C=O) groups is 1. The van der Waals surface area contributed by atoms with E-state index >= 15 is 0 Å². The maximum Gasteiger partial charge on any atom is 0.243 e. The molecule has 0 bridgehead atoms. The Kier molecular flexibility index (Phi) is 8.13. The highest BCUT2D eigenvalue weighted by Crippen LogP contribution is 2.31. The molecule has 1 aliphatic rings. The summed E-state index contributed by atoms with van der Waals surface area (Å²) in [5.74, 6) is -0.497. The fourth-order valence-corrected chi connectivity index (χ4v) is 6.27. The number of halogens is 1. The van der Waals surface area contributed by atoms with Gasteiger partial charge in [-0.3, -0.25) is 4.79 Å². The average Bonchev–Trinajstić information content (AvgIpc) is 2.78. The van der Waals surface area contributed by atoms with Crippen LogP contribution in [-0.2, 0) is 14.8 Å². The second-order valence-corrected chi connectivity index (χ2v) is 10.6. The summed E-state index contributed by atoms with van der Waals surface area (Å²) in [7, 11) is -3.62. The van der Waals surface area contributed by atoms with E-state index in [9.17, 15) is 17.6 Å². The summed E-state index contributed by atoms with van der Waals surface area (Å²) in [6, 6.07) is 8.23. The topological polar surface area (TPSA) is 75.7 Å². The molecule has 0 unspecified atom stereocenters. The Bertz CT molecular complexity index is 1080. The van der Waals surface area contributed by atoms with E-state index in [2.05, 4.69) is 5.32 Å². The summed E-state index contributed by atoms with van der Waals surface area (Å²) in [6.07, 6.45) is 1.53. The van der Waals surface area contributed by atoms with Crippen molar-refractivity contribution in [1.29, 1.82) is 0 Å². The molecule has 0 aliphatic carbocycles. The minimum absolute atomic E-state index is 0.0725. The van der Waals surface area contributed by atoms with Gasteiger partial charge >= 0.3 is 0 Å². The summed E-state index contributed by atoms with van der Waals surface area (Å²) in [6.45, 7) is 8.93. The minimum atomic E-state index is -3.62. The molecule has 0 saturated carbocycles. The first kappa shape index (κ1) is 25.2. The Morgan fingerprint density at radius 2 is 1.70 bits per heavy atom. The third kappa shape index (κ3) is 5.73. The van der Waals surface area contributed by atoms with Gasteiger partial charge in [0.15, 0.2) is 11.6 Å². The van der Waals surface area contributed by atoms with E-state index < -0.39 is 15.8 Å². The van der Waals surface area contributed by atoms with E-state index in [0.29, 0.717) is 50.4 Å². The van der Waals surface area contributed by atoms with Crippen molar-refractivity contribution >= 4 is 15.9 Å². The number of aryl methyl sites for hydroxylation is 2. The first-order valence-corrected chi connectivity index (χ1v) is 12.8. The number of ether oxygens (including phenoxy) is 1. The molecule has 33 heavy (non-hydrogen) atoms. The van der Waals surface area contributed by atoms with Crippen LogP contribution in [0.1, 0.15) is 41.5 Å². The largest absolute Gasteiger partial charge is 0.490 e. The quantitative estimate of drug-likeness (QED) is 0.584. The zero-order chi connectivity index (χ0) is 24.2. The molecule has 6 nitrogen and oxygen atoms in total. The number of sulfonamides is 1. The van der Waals surface area contributed by atoms with Gasteiger partial charge in [0.1, 0.15) is 0 Å². The summed E-state index contributed by atoms with van der Waals surface area (Å²) in [4.78, 5) is 12.9. The number of nitrogens with zero attached hydrogens (tertiary/aromatic N) is 1. The van der Waals surface area contributed by atoms with Crippen LogP contribution >= 0.6 is 0 Å². The Balaban J connectivity index is 1.49. The predicted molar refractivity (Wildman–Crippen MR) is 126 cm³/mol. The van der Waals surface area contributed by atoms with Crippen molar-refractivity contribution in [3.63, 3.8) is 0 Å². The monoisotopic (exact) mass is 476 g/mol. The number of para-hydroxylation sites is 1. The van der Waals surface area contributed by atoms with E-state index in [1.165, 1.54) is 10.4 Å². The maximum atomic E-state index is 13.5. The van der Waals surface area contributed by atoms with Crippen molar-refractivity contribution in [2.24, 2.45) is 5.92 Å². The average molecular weight is 477 g/mol. The van der Waals surface area contributed by atoms with Crippen LogP contribution in [0.15, 0.2) is 35.2 Å². The van der Waals surface area contributed by atoms with Gasteiger partial charge in [-0.05, 0) is 81.3 Å². The van der Waals surface area contributed by atoms with Gasteiger partial charge in [-0.2, -0.15) is 4.31 Å². The van der Waals surface area contributed by atoms with Gasteiger partial charge < -0.3 is 10.1 Å². The van der Waals surface area contributed by atoms with Gasteiger partial charge in [-0.25, -0.2) is 12.8 Å². The summed E-state index contributed by atoms with van der Waals surface area (Å²) >= 11 is 0. The molecule has 0 spiro atoms. The van der Waals surface area contributed by atoms with Gasteiger partial charge in [-0.15, -0.1) is 0 Å². The van der Waals surface area contributed by atoms with Crippen LogP contribution in [0.4, 0.5) is 4.39 Å². The molecule has 1 amide bonds. The molecule has 2 aromatic carbocycles. The molecular weight excluding hydrogens is 443 g/mol. The molecule has 1 fully saturated rings. The van der Waals surface area contributed by atoms with Crippen LogP contribution < -0.4 is 10.1 Å². The van der Waals surface area contributed by atoms with Gasteiger partial charge in [0.05, 0.1) is 11.5 Å². The standard InChI is InChI=1S/C25H33FN2O4S/c1-17-16-18(2)20(4)24(19(17)3)33(30,31)28-13-10-21(11-14-28)25(29)27-12-7-15-32-23-9-6-5-8-22(23)26/h5-6,8-9,16,21H,7,10-15H2,1-4H3,(H,27,29). The number of amides is 1. The smallest absolute Gasteiger partial charge is 0.243 e. The summed E-state index contributed by atoms with van der Waals surface area (Å²) in [5, 5.41) is 2.89. The van der Waals surface area contributed by atoms with Crippen LogP contribution in [0.25, 0.3) is 0 Å². The number of hydrogen-bond donors (Lipinski definition) is 1. The number of nitrogens with one attached hydrogen (secondary N) is 1. The lowest BCUT2D eigenvalue weighted by molar-refractivity contribution is -0.126. The molecule has 8 heteroatoms. The van der Waals surface area contributed by atoms with Gasteiger partial charge in [0.2, 0.25) is 15.9 Å². The summed E-state index contributed by atoms with van der Waals surface area (Å²) < 4.78 is 47.2. The lowest BCUT2D eigenvalue weighted by Gasteiger charge is -2.31. The fraction of sp³-hybridized carbons (Fsp3) is 0.480. The maximum absolute atomic E-state index is 13.5. The second-order valence-electron chi connectivity index (χ2n) is 8.69. The van der Waals surface area contributed by atoms with Crippen LogP contribution in [0, 0.1) is 39.4 Å². The molecule has 0 aromatic heterocycles. The molecule has 2 aromatic rings. The Hall–Kier alpha value is -2.45. The van der Waals surface area contributed by atoms with Crippen molar-refractivity contribution in [2.75, 3.05) is 26.2 Å². The van der Waals surface area contributed by atoms with Crippen molar-refractivity contribution < 1.29 is 22.3 Å². The number of piperidine rings is 1. The molecule has 0 radical (unpaired) electrons. The van der Waals surface area contributed by atoms with Crippen LogP contribution in [0.5, 0.6) is 5.75 Å². The first-order valence-electron chi connectivity index (χ1n) is 11.4.